The molecule has 0 unspecified atom stereocenters. The second-order valence-electron chi connectivity index (χ2n) is 5.29. The molecule has 1 aromatic carbocycles. The summed E-state index contributed by atoms with van der Waals surface area (Å²) < 4.78 is 36.9. The van der Waals surface area contributed by atoms with Gasteiger partial charge in [0.15, 0.2) is 5.82 Å². The Morgan fingerprint density at radius 2 is 2.10 bits per heavy atom. The van der Waals surface area contributed by atoms with E-state index in [0.29, 0.717) is 12.5 Å². The van der Waals surface area contributed by atoms with Gasteiger partial charge >= 0.3 is 0 Å². The van der Waals surface area contributed by atoms with Gasteiger partial charge in [-0.05, 0) is 30.9 Å². The monoisotopic (exact) mass is 334 g/mol. The summed E-state index contributed by atoms with van der Waals surface area (Å²) in [6.45, 7) is 0.509. The van der Waals surface area contributed by atoms with Gasteiger partial charge in [0.1, 0.15) is 4.90 Å². The molecule has 1 aliphatic rings. The second kappa shape index (κ2) is 5.90. The van der Waals surface area contributed by atoms with Crippen LogP contribution in [0.5, 0.6) is 0 Å². The number of hydrogen-bond acceptors (Lipinski definition) is 3. The molecule has 0 aliphatic heterocycles. The average Bonchev–Trinajstić information content (AvgIpc) is 2.33. The topological polar surface area (TPSA) is 80.5 Å². The number of carbonyl (C=O) groups is 1. The van der Waals surface area contributed by atoms with Crippen molar-refractivity contribution < 1.29 is 17.6 Å². The van der Waals surface area contributed by atoms with E-state index in [0.717, 1.165) is 31.4 Å². The molecule has 116 valence electrons. The van der Waals surface area contributed by atoms with Crippen molar-refractivity contribution in [1.29, 1.82) is 0 Å². The van der Waals surface area contributed by atoms with E-state index in [1.165, 1.54) is 4.90 Å². The van der Waals surface area contributed by atoms with Crippen LogP contribution in [0.1, 0.15) is 29.6 Å². The van der Waals surface area contributed by atoms with Crippen LogP contribution in [0, 0.1) is 11.7 Å². The molecule has 1 fully saturated rings. The lowest BCUT2D eigenvalue weighted by atomic mass is 9.85. The molecule has 0 bridgehead atoms. The number of rotatable bonds is 4. The van der Waals surface area contributed by atoms with Gasteiger partial charge in [0.25, 0.3) is 5.91 Å². The average molecular weight is 335 g/mol. The molecular formula is C13H16ClFN2O3S. The zero-order valence-corrected chi connectivity index (χ0v) is 13.0. The van der Waals surface area contributed by atoms with Gasteiger partial charge < -0.3 is 4.90 Å². The van der Waals surface area contributed by atoms with Gasteiger partial charge in [-0.3, -0.25) is 4.79 Å². The highest BCUT2D eigenvalue weighted by atomic mass is 35.5. The lowest BCUT2D eigenvalue weighted by Crippen LogP contribution is -2.35. The van der Waals surface area contributed by atoms with Crippen molar-refractivity contribution in [2.75, 3.05) is 13.6 Å². The molecule has 1 amide bonds. The zero-order chi connectivity index (χ0) is 15.8. The van der Waals surface area contributed by atoms with Gasteiger partial charge in [-0.15, -0.1) is 0 Å². The van der Waals surface area contributed by atoms with Crippen molar-refractivity contribution in [2.24, 2.45) is 11.1 Å². The number of primary sulfonamides is 1. The first-order valence-corrected chi connectivity index (χ1v) is 8.40. The number of carbonyl (C=O) groups excluding carboxylic acids is 1. The van der Waals surface area contributed by atoms with E-state index >= 15 is 0 Å². The van der Waals surface area contributed by atoms with E-state index in [9.17, 15) is 17.6 Å². The Labute approximate surface area is 127 Å². The third-order valence-electron chi connectivity index (χ3n) is 3.64. The molecule has 5 nitrogen and oxygen atoms in total. The quantitative estimate of drug-likeness (QED) is 0.914. The highest BCUT2D eigenvalue weighted by molar-refractivity contribution is 7.89. The van der Waals surface area contributed by atoms with E-state index in [1.807, 2.05) is 0 Å². The summed E-state index contributed by atoms with van der Waals surface area (Å²) in [5, 5.41) is 4.88. The number of amides is 1. The Morgan fingerprint density at radius 3 is 2.57 bits per heavy atom. The first kappa shape index (κ1) is 16.2. The predicted octanol–water partition coefficient (Wildman–Crippen LogP) is 2.00. The fourth-order valence-electron chi connectivity index (χ4n) is 2.28. The fraction of sp³-hybridized carbons (Fsp3) is 0.462. The standard InChI is InChI=1S/C13H16ClFN2O3S/c1-17(7-8-3-2-4-8)13(18)10-5-9(14)6-11(12(10)15)21(16,19)20/h5-6,8H,2-4,7H2,1H3,(H2,16,19,20). The maximum atomic E-state index is 14.2. The highest BCUT2D eigenvalue weighted by Gasteiger charge is 2.27. The molecule has 1 aromatic rings. The minimum absolute atomic E-state index is 0.0548. The normalized spacial score (nSPS) is 15.6. The van der Waals surface area contributed by atoms with Crippen LogP contribution in [0.25, 0.3) is 0 Å². The van der Waals surface area contributed by atoms with E-state index in [4.69, 9.17) is 16.7 Å². The van der Waals surface area contributed by atoms with Gasteiger partial charge in [0.05, 0.1) is 5.56 Å². The molecule has 2 N–H and O–H groups in total. The van der Waals surface area contributed by atoms with Gasteiger partial charge in [0, 0.05) is 18.6 Å². The minimum Gasteiger partial charge on any atom is -0.341 e. The fourth-order valence-corrected chi connectivity index (χ4v) is 3.21. The van der Waals surface area contributed by atoms with Crippen molar-refractivity contribution in [2.45, 2.75) is 24.2 Å². The van der Waals surface area contributed by atoms with Crippen molar-refractivity contribution in [1.82, 2.24) is 4.90 Å². The molecule has 0 radical (unpaired) electrons. The molecule has 1 aliphatic carbocycles. The summed E-state index contributed by atoms with van der Waals surface area (Å²) in [5.41, 5.74) is -0.381. The lowest BCUT2D eigenvalue weighted by molar-refractivity contribution is 0.0740. The summed E-state index contributed by atoms with van der Waals surface area (Å²) in [5.74, 6) is -1.35. The molecule has 1 saturated carbocycles. The van der Waals surface area contributed by atoms with Gasteiger partial charge in [-0.1, -0.05) is 18.0 Å². The van der Waals surface area contributed by atoms with Crippen LogP contribution >= 0.6 is 11.6 Å². The number of sulfonamides is 1. The Morgan fingerprint density at radius 1 is 1.48 bits per heavy atom. The first-order chi connectivity index (χ1) is 9.70. The van der Waals surface area contributed by atoms with Crippen LogP contribution in [-0.2, 0) is 10.0 Å². The number of benzene rings is 1. The molecule has 8 heteroatoms. The Kier molecular flexibility index (Phi) is 4.55. The Balaban J connectivity index is 2.34. The zero-order valence-electron chi connectivity index (χ0n) is 11.5. The molecule has 0 spiro atoms. The van der Waals surface area contributed by atoms with Gasteiger partial charge in [0.2, 0.25) is 10.0 Å². The van der Waals surface area contributed by atoms with E-state index < -0.39 is 26.6 Å². The van der Waals surface area contributed by atoms with Crippen molar-refractivity contribution in [3.8, 4) is 0 Å². The highest BCUT2D eigenvalue weighted by Crippen LogP contribution is 2.28. The third kappa shape index (κ3) is 3.53. The molecule has 21 heavy (non-hydrogen) atoms. The largest absolute Gasteiger partial charge is 0.341 e. The van der Waals surface area contributed by atoms with Crippen molar-refractivity contribution in [3.63, 3.8) is 0 Å². The number of nitrogens with zero attached hydrogens (tertiary/aromatic N) is 1. The molecule has 0 heterocycles. The Bertz CT molecular complexity index is 674. The van der Waals surface area contributed by atoms with Crippen molar-refractivity contribution >= 4 is 27.5 Å². The van der Waals surface area contributed by atoms with Crippen LogP contribution in [0.2, 0.25) is 5.02 Å². The summed E-state index contributed by atoms with van der Waals surface area (Å²) in [6.07, 6.45) is 3.21. The van der Waals surface area contributed by atoms with Crippen molar-refractivity contribution in [3.05, 3.63) is 28.5 Å². The third-order valence-corrected chi connectivity index (χ3v) is 4.77. The molecule has 2 rings (SSSR count). The van der Waals surface area contributed by atoms with Crippen LogP contribution < -0.4 is 5.14 Å². The smallest absolute Gasteiger partial charge is 0.256 e. The lowest BCUT2D eigenvalue weighted by Gasteiger charge is -2.30. The van der Waals surface area contributed by atoms with Crippen LogP contribution in [-0.4, -0.2) is 32.8 Å². The SMILES string of the molecule is CN(CC1CCC1)C(=O)c1cc(Cl)cc(S(N)(=O)=O)c1F. The van der Waals surface area contributed by atoms with E-state index in [2.05, 4.69) is 0 Å². The van der Waals surface area contributed by atoms with Crippen LogP contribution in [0.3, 0.4) is 0 Å². The maximum absolute atomic E-state index is 14.2. The maximum Gasteiger partial charge on any atom is 0.256 e. The van der Waals surface area contributed by atoms with Crippen LogP contribution in [0.4, 0.5) is 4.39 Å². The minimum atomic E-state index is -4.28. The second-order valence-corrected chi connectivity index (χ2v) is 7.26. The summed E-state index contributed by atoms with van der Waals surface area (Å²) in [4.78, 5) is 12.9. The summed E-state index contributed by atoms with van der Waals surface area (Å²) >= 11 is 5.76. The first-order valence-electron chi connectivity index (χ1n) is 6.47. The van der Waals surface area contributed by atoms with E-state index in [-0.39, 0.29) is 10.6 Å². The predicted molar refractivity (Wildman–Crippen MR) is 77.1 cm³/mol. The van der Waals surface area contributed by atoms with Gasteiger partial charge in [-0.2, -0.15) is 0 Å². The molecular weight excluding hydrogens is 319 g/mol. The summed E-state index contributed by atoms with van der Waals surface area (Å²) in [6, 6.07) is 2.01. The van der Waals surface area contributed by atoms with E-state index in [1.54, 1.807) is 7.05 Å². The van der Waals surface area contributed by atoms with Gasteiger partial charge in [-0.25, -0.2) is 17.9 Å². The molecule has 0 saturated heterocycles. The molecule has 0 aromatic heterocycles. The Hall–Kier alpha value is -1.18. The number of halogens is 2. The molecule has 0 atom stereocenters. The van der Waals surface area contributed by atoms with Crippen LogP contribution in [0.15, 0.2) is 17.0 Å². The summed E-state index contributed by atoms with van der Waals surface area (Å²) in [7, 11) is -2.73. The number of nitrogens with two attached hydrogens (primary N) is 1. The number of hydrogen-bond donors (Lipinski definition) is 1.